The molecule has 0 aliphatic carbocycles. The van der Waals surface area contributed by atoms with Gasteiger partial charge in [0.05, 0.1) is 0 Å². The summed E-state index contributed by atoms with van der Waals surface area (Å²) in [4.78, 5) is 3.68. The van der Waals surface area contributed by atoms with Gasteiger partial charge in [-0.15, -0.1) is 11.7 Å². The number of anilines is 1. The average molecular weight is 267 g/mol. The van der Waals surface area contributed by atoms with E-state index in [4.69, 9.17) is 4.74 Å². The highest BCUT2D eigenvalue weighted by atomic mass is 33.1. The van der Waals surface area contributed by atoms with Crippen molar-refractivity contribution in [2.75, 3.05) is 31.2 Å². The maximum atomic E-state index is 5.44. The summed E-state index contributed by atoms with van der Waals surface area (Å²) in [6.45, 7) is 4.29. The van der Waals surface area contributed by atoms with Crippen LogP contribution >= 0.6 is 22.5 Å². The summed E-state index contributed by atoms with van der Waals surface area (Å²) in [5.41, 5.74) is 1.89. The second-order valence-corrected chi connectivity index (χ2v) is 6.26. The largest absolute Gasteiger partial charge is 0.381 e. The second-order valence-electron chi connectivity index (χ2n) is 5.05. The van der Waals surface area contributed by atoms with Crippen LogP contribution in [0.1, 0.15) is 12.8 Å². The van der Waals surface area contributed by atoms with E-state index >= 15 is 0 Å². The smallest absolute Gasteiger partial charge is 0.0472 e. The van der Waals surface area contributed by atoms with Gasteiger partial charge in [-0.1, -0.05) is 10.8 Å². The molecule has 2 saturated heterocycles. The lowest BCUT2D eigenvalue weighted by molar-refractivity contribution is -0.000193. The van der Waals surface area contributed by atoms with Gasteiger partial charge in [0.1, 0.15) is 0 Å². The van der Waals surface area contributed by atoms with E-state index in [0.717, 1.165) is 13.2 Å². The lowest BCUT2D eigenvalue weighted by atomic mass is 9.73. The van der Waals surface area contributed by atoms with Crippen molar-refractivity contribution < 1.29 is 4.74 Å². The number of thiol groups is 1. The molecule has 0 saturated carbocycles. The minimum Gasteiger partial charge on any atom is -0.381 e. The predicted molar refractivity (Wildman–Crippen MR) is 76.0 cm³/mol. The van der Waals surface area contributed by atoms with E-state index in [1.807, 2.05) is 0 Å². The van der Waals surface area contributed by atoms with Gasteiger partial charge in [0, 0.05) is 42.3 Å². The highest BCUT2D eigenvalue weighted by molar-refractivity contribution is 8.68. The average Bonchev–Trinajstić information content (AvgIpc) is 2.37. The van der Waals surface area contributed by atoms with E-state index < -0.39 is 0 Å². The molecule has 0 amide bonds. The first-order valence-corrected chi connectivity index (χ1v) is 7.92. The summed E-state index contributed by atoms with van der Waals surface area (Å²) in [5.74, 6) is 0. The Labute approximate surface area is 112 Å². The lowest BCUT2D eigenvalue weighted by Crippen LogP contribution is -2.58. The van der Waals surface area contributed by atoms with E-state index in [2.05, 4.69) is 40.8 Å². The summed E-state index contributed by atoms with van der Waals surface area (Å²) in [7, 11) is 1.50. The van der Waals surface area contributed by atoms with Crippen LogP contribution in [0.2, 0.25) is 0 Å². The van der Waals surface area contributed by atoms with Crippen LogP contribution in [-0.2, 0) is 4.74 Å². The van der Waals surface area contributed by atoms with Gasteiger partial charge in [0.15, 0.2) is 0 Å². The Morgan fingerprint density at radius 2 is 1.76 bits per heavy atom. The van der Waals surface area contributed by atoms with E-state index in [1.165, 1.54) is 47.3 Å². The minimum absolute atomic E-state index is 0.551. The van der Waals surface area contributed by atoms with Gasteiger partial charge >= 0.3 is 0 Å². The van der Waals surface area contributed by atoms with Crippen LogP contribution in [0.3, 0.4) is 0 Å². The number of rotatable bonds is 2. The zero-order chi connectivity index (χ0) is 11.7. The van der Waals surface area contributed by atoms with Gasteiger partial charge in [-0.05, 0) is 37.1 Å². The fourth-order valence-corrected chi connectivity index (χ4v) is 3.41. The third kappa shape index (κ3) is 2.30. The van der Waals surface area contributed by atoms with Crippen molar-refractivity contribution in [3.8, 4) is 0 Å². The molecular formula is C13H17NOS2. The SMILES string of the molecule is SSc1ccc(N2CC3(CCOCC3)C2)cc1. The maximum absolute atomic E-state index is 5.44. The van der Waals surface area contributed by atoms with Gasteiger partial charge in [-0.3, -0.25) is 0 Å². The number of hydrogen-bond acceptors (Lipinski definition) is 4. The molecule has 2 aliphatic heterocycles. The zero-order valence-electron chi connectivity index (χ0n) is 9.76. The van der Waals surface area contributed by atoms with Crippen LogP contribution in [-0.4, -0.2) is 26.3 Å². The highest BCUT2D eigenvalue weighted by Crippen LogP contribution is 2.42. The number of ether oxygens (including phenoxy) is 1. The third-order valence-corrected chi connectivity index (χ3v) is 5.03. The van der Waals surface area contributed by atoms with Gasteiger partial charge < -0.3 is 9.64 Å². The topological polar surface area (TPSA) is 12.5 Å². The molecule has 0 N–H and O–H groups in total. The first-order valence-electron chi connectivity index (χ1n) is 6.06. The van der Waals surface area contributed by atoms with Crippen LogP contribution in [0.4, 0.5) is 5.69 Å². The second kappa shape index (κ2) is 4.75. The van der Waals surface area contributed by atoms with E-state index in [0.29, 0.717) is 5.41 Å². The summed E-state index contributed by atoms with van der Waals surface area (Å²) < 4.78 is 5.44. The standard InChI is InChI=1S/C13H17NOS2/c16-17-12-3-1-11(2-4-12)14-9-13(10-14)5-7-15-8-6-13/h1-4,16H,5-10H2. The van der Waals surface area contributed by atoms with Gasteiger partial charge in [0.2, 0.25) is 0 Å². The Morgan fingerprint density at radius 1 is 1.12 bits per heavy atom. The molecule has 4 heteroatoms. The van der Waals surface area contributed by atoms with Gasteiger partial charge in [-0.2, -0.15) is 0 Å². The Balaban J connectivity index is 1.63. The van der Waals surface area contributed by atoms with Crippen molar-refractivity contribution in [3.63, 3.8) is 0 Å². The molecule has 92 valence electrons. The van der Waals surface area contributed by atoms with Gasteiger partial charge in [0.25, 0.3) is 0 Å². The molecule has 0 aromatic heterocycles. The maximum Gasteiger partial charge on any atom is 0.0472 e. The van der Waals surface area contributed by atoms with E-state index in [9.17, 15) is 0 Å². The van der Waals surface area contributed by atoms with Crippen molar-refractivity contribution in [1.82, 2.24) is 0 Å². The first kappa shape index (κ1) is 11.8. The van der Waals surface area contributed by atoms with Crippen molar-refractivity contribution in [1.29, 1.82) is 0 Å². The van der Waals surface area contributed by atoms with Crippen molar-refractivity contribution in [2.45, 2.75) is 17.7 Å². The van der Waals surface area contributed by atoms with Crippen molar-refractivity contribution >= 4 is 28.1 Å². The summed E-state index contributed by atoms with van der Waals surface area (Å²) in [6.07, 6.45) is 2.46. The summed E-state index contributed by atoms with van der Waals surface area (Å²) in [6, 6.07) is 8.68. The molecule has 17 heavy (non-hydrogen) atoms. The lowest BCUT2D eigenvalue weighted by Gasteiger charge is -2.53. The monoisotopic (exact) mass is 267 g/mol. The molecule has 0 radical (unpaired) electrons. The van der Waals surface area contributed by atoms with Crippen LogP contribution in [0.25, 0.3) is 0 Å². The number of hydrogen-bond donors (Lipinski definition) is 1. The number of benzene rings is 1. The summed E-state index contributed by atoms with van der Waals surface area (Å²) in [5, 5.41) is 0. The first-order chi connectivity index (χ1) is 8.31. The molecule has 1 aromatic rings. The van der Waals surface area contributed by atoms with Crippen molar-refractivity contribution in [2.24, 2.45) is 5.41 Å². The molecule has 0 atom stereocenters. The molecule has 1 spiro atoms. The molecule has 2 aliphatic rings. The molecular weight excluding hydrogens is 250 g/mol. The molecule has 1 aromatic carbocycles. The fraction of sp³-hybridized carbons (Fsp3) is 0.538. The Morgan fingerprint density at radius 3 is 2.35 bits per heavy atom. The third-order valence-electron chi connectivity index (χ3n) is 3.91. The van der Waals surface area contributed by atoms with Gasteiger partial charge in [-0.25, -0.2) is 0 Å². The fourth-order valence-electron chi connectivity index (χ4n) is 2.78. The molecule has 3 rings (SSSR count). The molecule has 0 bridgehead atoms. The zero-order valence-corrected chi connectivity index (χ0v) is 11.5. The Kier molecular flexibility index (Phi) is 3.28. The number of nitrogens with zero attached hydrogens (tertiary/aromatic N) is 1. The molecule has 0 unspecified atom stereocenters. The van der Waals surface area contributed by atoms with Crippen LogP contribution in [0.5, 0.6) is 0 Å². The normalized spacial score (nSPS) is 22.5. The van der Waals surface area contributed by atoms with E-state index in [-0.39, 0.29) is 0 Å². The Bertz CT molecular complexity index is 379. The Hall–Kier alpha value is -0.320. The van der Waals surface area contributed by atoms with Crippen LogP contribution in [0, 0.1) is 5.41 Å². The quantitative estimate of drug-likeness (QED) is 0.653. The van der Waals surface area contributed by atoms with E-state index in [1.54, 1.807) is 0 Å². The summed E-state index contributed by atoms with van der Waals surface area (Å²) >= 11 is 4.20. The molecule has 2 heterocycles. The highest BCUT2D eigenvalue weighted by Gasteiger charge is 2.43. The van der Waals surface area contributed by atoms with Crippen LogP contribution in [0.15, 0.2) is 29.2 Å². The molecule has 2 nitrogen and oxygen atoms in total. The van der Waals surface area contributed by atoms with Crippen LogP contribution < -0.4 is 4.90 Å². The minimum atomic E-state index is 0.551. The predicted octanol–water partition coefficient (Wildman–Crippen LogP) is 3.24. The van der Waals surface area contributed by atoms with Crippen molar-refractivity contribution in [3.05, 3.63) is 24.3 Å². The molecule has 2 fully saturated rings.